The minimum Gasteiger partial charge on any atom is -0.411 e. The van der Waals surface area contributed by atoms with E-state index in [0.29, 0.717) is 23.0 Å². The number of benzene rings is 1. The van der Waals surface area contributed by atoms with E-state index < -0.39 is 15.8 Å². The highest BCUT2D eigenvalue weighted by molar-refractivity contribution is 9.10. The molecule has 1 aromatic carbocycles. The Labute approximate surface area is 118 Å². The van der Waals surface area contributed by atoms with Crippen molar-refractivity contribution >= 4 is 31.7 Å². The number of hydrogen-bond donors (Lipinski definition) is 1. The summed E-state index contributed by atoms with van der Waals surface area (Å²) in [5.41, 5.74) is 0.558. The molecule has 1 N–H and O–H groups in total. The molecule has 104 valence electrons. The Balaban J connectivity index is 2.28. The molecule has 2 rings (SSSR count). The van der Waals surface area contributed by atoms with Crippen molar-refractivity contribution in [2.75, 3.05) is 13.1 Å². The summed E-state index contributed by atoms with van der Waals surface area (Å²) in [7, 11) is -3.84. The maximum Gasteiger partial charge on any atom is 0.246 e. The highest BCUT2D eigenvalue weighted by Gasteiger charge is 2.30. The van der Waals surface area contributed by atoms with E-state index in [0.717, 1.165) is 6.07 Å². The lowest BCUT2D eigenvalue weighted by molar-refractivity contribution is 0.309. The molecule has 8 heteroatoms. The Morgan fingerprint density at radius 1 is 1.32 bits per heavy atom. The van der Waals surface area contributed by atoms with Crippen molar-refractivity contribution in [2.45, 2.75) is 17.7 Å². The molecule has 0 saturated carbocycles. The molecule has 0 bridgehead atoms. The SMILES string of the molecule is O=S(=O)(c1ccc(Br)cc1F)N1CCC(=NO)CC1. The molecular weight excluding hydrogens is 339 g/mol. The van der Waals surface area contributed by atoms with E-state index in [4.69, 9.17) is 5.21 Å². The molecule has 0 radical (unpaired) electrons. The van der Waals surface area contributed by atoms with Crippen LogP contribution < -0.4 is 0 Å². The molecule has 0 atom stereocenters. The summed E-state index contributed by atoms with van der Waals surface area (Å²) >= 11 is 3.08. The van der Waals surface area contributed by atoms with E-state index >= 15 is 0 Å². The van der Waals surface area contributed by atoms with Gasteiger partial charge in [0, 0.05) is 30.4 Å². The predicted molar refractivity (Wildman–Crippen MR) is 71.3 cm³/mol. The van der Waals surface area contributed by atoms with Crippen LogP contribution in [0.25, 0.3) is 0 Å². The first kappa shape index (κ1) is 14.4. The molecule has 19 heavy (non-hydrogen) atoms. The summed E-state index contributed by atoms with van der Waals surface area (Å²) < 4.78 is 40.0. The van der Waals surface area contributed by atoms with Crippen molar-refractivity contribution in [3.63, 3.8) is 0 Å². The van der Waals surface area contributed by atoms with Gasteiger partial charge in [-0.05, 0) is 18.2 Å². The monoisotopic (exact) mass is 350 g/mol. The van der Waals surface area contributed by atoms with Crippen LogP contribution in [-0.4, -0.2) is 36.7 Å². The van der Waals surface area contributed by atoms with Crippen LogP contribution in [0.1, 0.15) is 12.8 Å². The van der Waals surface area contributed by atoms with Gasteiger partial charge in [0.1, 0.15) is 10.7 Å². The molecule has 1 aliphatic rings. The normalized spacial score (nSPS) is 17.5. The lowest BCUT2D eigenvalue weighted by atomic mass is 10.1. The Kier molecular flexibility index (Phi) is 4.22. The highest BCUT2D eigenvalue weighted by atomic mass is 79.9. The molecule has 1 aliphatic heterocycles. The third-order valence-corrected chi connectivity index (χ3v) is 5.38. The Hall–Kier alpha value is -0.990. The first-order valence-corrected chi connectivity index (χ1v) is 7.83. The van der Waals surface area contributed by atoms with Crippen molar-refractivity contribution in [3.8, 4) is 0 Å². The van der Waals surface area contributed by atoms with Crippen LogP contribution in [0.5, 0.6) is 0 Å². The van der Waals surface area contributed by atoms with E-state index in [1.807, 2.05) is 0 Å². The highest BCUT2D eigenvalue weighted by Crippen LogP contribution is 2.24. The third kappa shape index (κ3) is 2.96. The van der Waals surface area contributed by atoms with Crippen molar-refractivity contribution in [3.05, 3.63) is 28.5 Å². The molecule has 0 aromatic heterocycles. The minimum atomic E-state index is -3.84. The first-order valence-electron chi connectivity index (χ1n) is 5.60. The van der Waals surface area contributed by atoms with Crippen LogP contribution in [0.15, 0.2) is 32.7 Å². The lowest BCUT2D eigenvalue weighted by Crippen LogP contribution is -2.39. The van der Waals surface area contributed by atoms with Crippen LogP contribution in [-0.2, 0) is 10.0 Å². The van der Waals surface area contributed by atoms with Crippen LogP contribution in [0.4, 0.5) is 4.39 Å². The van der Waals surface area contributed by atoms with Gasteiger partial charge in [-0.2, -0.15) is 4.31 Å². The summed E-state index contributed by atoms with van der Waals surface area (Å²) in [4.78, 5) is -0.333. The van der Waals surface area contributed by atoms with Gasteiger partial charge in [-0.15, -0.1) is 0 Å². The Morgan fingerprint density at radius 3 is 2.47 bits per heavy atom. The maximum atomic E-state index is 13.7. The largest absolute Gasteiger partial charge is 0.411 e. The maximum absolute atomic E-state index is 13.7. The van der Waals surface area contributed by atoms with Gasteiger partial charge in [0.05, 0.1) is 5.71 Å². The molecule has 0 aliphatic carbocycles. The zero-order valence-corrected chi connectivity index (χ0v) is 12.3. The molecule has 5 nitrogen and oxygen atoms in total. The predicted octanol–water partition coefficient (Wildman–Crippen LogP) is 2.20. The van der Waals surface area contributed by atoms with Gasteiger partial charge in [-0.3, -0.25) is 0 Å². The number of piperidine rings is 1. The van der Waals surface area contributed by atoms with Gasteiger partial charge in [0.2, 0.25) is 10.0 Å². The number of halogens is 2. The van der Waals surface area contributed by atoms with Gasteiger partial charge < -0.3 is 5.21 Å². The van der Waals surface area contributed by atoms with E-state index in [9.17, 15) is 12.8 Å². The third-order valence-electron chi connectivity index (χ3n) is 2.95. The van der Waals surface area contributed by atoms with E-state index in [-0.39, 0.29) is 18.0 Å². The van der Waals surface area contributed by atoms with Crippen LogP contribution >= 0.6 is 15.9 Å². The van der Waals surface area contributed by atoms with E-state index in [2.05, 4.69) is 21.1 Å². The zero-order chi connectivity index (χ0) is 14.0. The number of sulfonamides is 1. The summed E-state index contributed by atoms with van der Waals surface area (Å²) in [6.45, 7) is 0.383. The molecular formula is C11H12BrFN2O3S. The standard InChI is InChI=1S/C11H12BrFN2O3S/c12-8-1-2-11(10(13)7-8)19(17,18)15-5-3-9(14-16)4-6-15/h1-2,7,16H,3-6H2. The van der Waals surface area contributed by atoms with Crippen molar-refractivity contribution < 1.29 is 18.0 Å². The van der Waals surface area contributed by atoms with Crippen LogP contribution in [0, 0.1) is 5.82 Å². The van der Waals surface area contributed by atoms with Gasteiger partial charge in [0.25, 0.3) is 0 Å². The molecule has 1 heterocycles. The van der Waals surface area contributed by atoms with E-state index in [1.165, 1.54) is 16.4 Å². The topological polar surface area (TPSA) is 70.0 Å². The fraction of sp³-hybridized carbons (Fsp3) is 0.364. The second-order valence-corrected chi connectivity index (χ2v) is 6.97. The van der Waals surface area contributed by atoms with Crippen molar-refractivity contribution in [1.82, 2.24) is 4.31 Å². The smallest absolute Gasteiger partial charge is 0.246 e. The minimum absolute atomic E-state index is 0.192. The first-order chi connectivity index (χ1) is 8.95. The summed E-state index contributed by atoms with van der Waals surface area (Å²) in [5.74, 6) is -0.781. The van der Waals surface area contributed by atoms with Crippen molar-refractivity contribution in [1.29, 1.82) is 0 Å². The zero-order valence-electron chi connectivity index (χ0n) is 9.88. The molecule has 1 saturated heterocycles. The number of rotatable bonds is 2. The lowest BCUT2D eigenvalue weighted by Gasteiger charge is -2.26. The van der Waals surface area contributed by atoms with Gasteiger partial charge in [-0.25, -0.2) is 12.8 Å². The summed E-state index contributed by atoms with van der Waals surface area (Å²) in [6, 6.07) is 3.85. The Morgan fingerprint density at radius 2 is 1.95 bits per heavy atom. The second-order valence-electron chi connectivity index (χ2n) is 4.15. The molecule has 0 spiro atoms. The van der Waals surface area contributed by atoms with Gasteiger partial charge in [-0.1, -0.05) is 21.1 Å². The summed E-state index contributed by atoms with van der Waals surface area (Å²) in [5, 5.41) is 11.7. The van der Waals surface area contributed by atoms with Crippen LogP contribution in [0.2, 0.25) is 0 Å². The fourth-order valence-corrected chi connectivity index (χ4v) is 3.73. The summed E-state index contributed by atoms with van der Waals surface area (Å²) in [6.07, 6.45) is 0.710. The molecule has 0 unspecified atom stereocenters. The number of oxime groups is 1. The average molecular weight is 351 g/mol. The molecule has 0 amide bonds. The van der Waals surface area contributed by atoms with Crippen molar-refractivity contribution in [2.24, 2.45) is 5.16 Å². The van der Waals surface area contributed by atoms with E-state index in [1.54, 1.807) is 0 Å². The molecule has 1 aromatic rings. The Bertz CT molecular complexity index is 608. The van der Waals surface area contributed by atoms with Crippen LogP contribution in [0.3, 0.4) is 0 Å². The number of nitrogens with zero attached hydrogens (tertiary/aromatic N) is 2. The second kappa shape index (κ2) is 5.56. The van der Waals surface area contributed by atoms with Gasteiger partial charge >= 0.3 is 0 Å². The quantitative estimate of drug-likeness (QED) is 0.656. The number of hydrogen-bond acceptors (Lipinski definition) is 4. The van der Waals surface area contributed by atoms with Gasteiger partial charge in [0.15, 0.2) is 0 Å². The average Bonchev–Trinajstić information content (AvgIpc) is 2.38. The fourth-order valence-electron chi connectivity index (χ4n) is 1.91. The molecule has 1 fully saturated rings.